The molecule has 0 unspecified atom stereocenters. The van der Waals surface area contributed by atoms with Gasteiger partial charge in [-0.25, -0.2) is 13.1 Å². The molecule has 0 saturated heterocycles. The molecule has 6 heteroatoms. The summed E-state index contributed by atoms with van der Waals surface area (Å²) in [5.74, 6) is 0.697. The molecule has 0 aliphatic carbocycles. The van der Waals surface area contributed by atoms with Crippen molar-refractivity contribution in [2.24, 2.45) is 0 Å². The quantitative estimate of drug-likeness (QED) is 0.802. The second-order valence-corrected chi connectivity index (χ2v) is 6.63. The lowest BCUT2D eigenvalue weighted by molar-refractivity contribution is 0.411. The minimum atomic E-state index is -3.50. The number of nitrogens with one attached hydrogen (secondary N) is 2. The Morgan fingerprint density at radius 3 is 2.45 bits per heavy atom. The standard InChI is InChI=1S/C14H24N2O3S/c1-6-15-12(4)9-16-20(17,18)14-8-10(2)13(19-5)7-11(14)3/h7-8,12,15-16H,6,9H2,1-5H3/t12-/m1/s1. The van der Waals surface area contributed by atoms with Crippen molar-refractivity contribution in [3.63, 3.8) is 0 Å². The topological polar surface area (TPSA) is 67.4 Å². The molecule has 1 aromatic rings. The van der Waals surface area contributed by atoms with Crippen molar-refractivity contribution in [1.29, 1.82) is 0 Å². The van der Waals surface area contributed by atoms with E-state index in [9.17, 15) is 8.42 Å². The molecule has 114 valence electrons. The Kier molecular flexibility index (Phi) is 5.98. The summed E-state index contributed by atoms with van der Waals surface area (Å²) < 4.78 is 32.5. The molecule has 0 spiro atoms. The van der Waals surface area contributed by atoms with Gasteiger partial charge in [0.1, 0.15) is 5.75 Å². The van der Waals surface area contributed by atoms with Gasteiger partial charge in [-0.1, -0.05) is 6.92 Å². The van der Waals surface area contributed by atoms with Crippen LogP contribution in [0.1, 0.15) is 25.0 Å². The van der Waals surface area contributed by atoms with Gasteiger partial charge >= 0.3 is 0 Å². The Morgan fingerprint density at radius 2 is 1.90 bits per heavy atom. The Balaban J connectivity index is 2.95. The van der Waals surface area contributed by atoms with Gasteiger partial charge in [0.25, 0.3) is 0 Å². The number of benzene rings is 1. The van der Waals surface area contributed by atoms with E-state index in [1.165, 1.54) is 0 Å². The van der Waals surface area contributed by atoms with Crippen LogP contribution in [0.5, 0.6) is 5.75 Å². The fourth-order valence-electron chi connectivity index (χ4n) is 2.01. The summed E-state index contributed by atoms with van der Waals surface area (Å²) in [6.45, 7) is 8.70. The number of aryl methyl sites for hydroxylation is 2. The SMILES string of the molecule is CCN[C@H](C)CNS(=O)(=O)c1cc(C)c(OC)cc1C. The Hall–Kier alpha value is -1.11. The van der Waals surface area contributed by atoms with Crippen molar-refractivity contribution in [1.82, 2.24) is 10.0 Å². The summed E-state index contributed by atoms with van der Waals surface area (Å²) in [4.78, 5) is 0.305. The summed E-state index contributed by atoms with van der Waals surface area (Å²) in [5, 5.41) is 3.17. The second-order valence-electron chi connectivity index (χ2n) is 4.90. The lowest BCUT2D eigenvalue weighted by atomic mass is 10.1. The second kappa shape index (κ2) is 7.06. The lowest BCUT2D eigenvalue weighted by Crippen LogP contribution is -2.38. The number of hydrogen-bond donors (Lipinski definition) is 2. The third-order valence-electron chi connectivity index (χ3n) is 3.11. The number of methoxy groups -OCH3 is 1. The smallest absolute Gasteiger partial charge is 0.240 e. The van der Waals surface area contributed by atoms with E-state index in [1.54, 1.807) is 26.2 Å². The van der Waals surface area contributed by atoms with Crippen LogP contribution >= 0.6 is 0 Å². The Labute approximate surface area is 121 Å². The molecule has 0 fully saturated rings. The molecule has 0 aliphatic heterocycles. The van der Waals surface area contributed by atoms with E-state index in [2.05, 4.69) is 10.0 Å². The Bertz CT molecular complexity index is 556. The van der Waals surface area contributed by atoms with E-state index in [0.717, 1.165) is 12.1 Å². The van der Waals surface area contributed by atoms with Gasteiger partial charge in [-0.05, 0) is 50.6 Å². The molecular formula is C14H24N2O3S. The maximum Gasteiger partial charge on any atom is 0.240 e. The van der Waals surface area contributed by atoms with Gasteiger partial charge in [-0.15, -0.1) is 0 Å². The molecule has 0 heterocycles. The zero-order valence-electron chi connectivity index (χ0n) is 12.8. The summed E-state index contributed by atoms with van der Waals surface area (Å²) in [6, 6.07) is 3.49. The first-order chi connectivity index (χ1) is 9.31. The minimum Gasteiger partial charge on any atom is -0.496 e. The molecule has 0 aromatic heterocycles. The number of rotatable bonds is 7. The number of sulfonamides is 1. The van der Waals surface area contributed by atoms with Crippen molar-refractivity contribution in [3.8, 4) is 5.75 Å². The van der Waals surface area contributed by atoms with Crippen LogP contribution in [0, 0.1) is 13.8 Å². The molecule has 0 amide bonds. The van der Waals surface area contributed by atoms with Crippen LogP contribution in [0.15, 0.2) is 17.0 Å². The maximum absolute atomic E-state index is 12.3. The molecular weight excluding hydrogens is 276 g/mol. The number of hydrogen-bond acceptors (Lipinski definition) is 4. The zero-order valence-corrected chi connectivity index (χ0v) is 13.6. The van der Waals surface area contributed by atoms with E-state index in [-0.39, 0.29) is 6.04 Å². The molecule has 0 bridgehead atoms. The fraction of sp³-hybridized carbons (Fsp3) is 0.571. The van der Waals surface area contributed by atoms with Crippen LogP contribution in [0.25, 0.3) is 0 Å². The first kappa shape index (κ1) is 16.9. The van der Waals surface area contributed by atoms with Crippen molar-refractivity contribution in [2.45, 2.75) is 38.6 Å². The van der Waals surface area contributed by atoms with Gasteiger partial charge in [0, 0.05) is 12.6 Å². The Morgan fingerprint density at radius 1 is 1.25 bits per heavy atom. The van der Waals surface area contributed by atoms with Crippen LogP contribution in [0.3, 0.4) is 0 Å². The first-order valence-corrected chi connectivity index (χ1v) is 8.18. The van der Waals surface area contributed by atoms with Crippen LogP contribution in [0.2, 0.25) is 0 Å². The van der Waals surface area contributed by atoms with Gasteiger partial charge in [-0.3, -0.25) is 0 Å². The third kappa shape index (κ3) is 4.19. The molecule has 0 aliphatic rings. The monoisotopic (exact) mass is 300 g/mol. The summed E-state index contributed by atoms with van der Waals surface area (Å²) in [5.41, 5.74) is 1.48. The average molecular weight is 300 g/mol. The maximum atomic E-state index is 12.3. The highest BCUT2D eigenvalue weighted by Gasteiger charge is 2.19. The predicted molar refractivity (Wildman–Crippen MR) is 80.8 cm³/mol. The molecule has 5 nitrogen and oxygen atoms in total. The minimum absolute atomic E-state index is 0.0921. The lowest BCUT2D eigenvalue weighted by Gasteiger charge is -2.16. The van der Waals surface area contributed by atoms with Gasteiger partial charge in [-0.2, -0.15) is 0 Å². The van der Waals surface area contributed by atoms with E-state index in [0.29, 0.717) is 22.8 Å². The van der Waals surface area contributed by atoms with Crippen LogP contribution < -0.4 is 14.8 Å². The van der Waals surface area contributed by atoms with E-state index in [1.807, 2.05) is 20.8 Å². The van der Waals surface area contributed by atoms with E-state index >= 15 is 0 Å². The third-order valence-corrected chi connectivity index (χ3v) is 4.68. The molecule has 20 heavy (non-hydrogen) atoms. The van der Waals surface area contributed by atoms with Crippen LogP contribution in [-0.2, 0) is 10.0 Å². The summed E-state index contributed by atoms with van der Waals surface area (Å²) in [7, 11) is -1.92. The predicted octanol–water partition coefficient (Wildman–Crippen LogP) is 1.59. The molecule has 1 aromatic carbocycles. The molecule has 1 atom stereocenters. The average Bonchev–Trinajstić information content (AvgIpc) is 2.39. The van der Waals surface area contributed by atoms with Crippen LogP contribution in [-0.4, -0.2) is 34.7 Å². The van der Waals surface area contributed by atoms with Crippen molar-refractivity contribution in [2.75, 3.05) is 20.2 Å². The highest BCUT2D eigenvalue weighted by Crippen LogP contribution is 2.25. The van der Waals surface area contributed by atoms with E-state index < -0.39 is 10.0 Å². The van der Waals surface area contributed by atoms with Crippen LogP contribution in [0.4, 0.5) is 0 Å². The first-order valence-electron chi connectivity index (χ1n) is 6.70. The zero-order chi connectivity index (χ0) is 15.3. The van der Waals surface area contributed by atoms with Gasteiger partial charge in [0.05, 0.1) is 12.0 Å². The highest BCUT2D eigenvalue weighted by atomic mass is 32.2. The molecule has 1 rings (SSSR count). The van der Waals surface area contributed by atoms with Crippen molar-refractivity contribution >= 4 is 10.0 Å². The number of likely N-dealkylation sites (N-methyl/N-ethyl adjacent to an activating group) is 1. The molecule has 0 radical (unpaired) electrons. The number of ether oxygens (including phenoxy) is 1. The normalized spacial score (nSPS) is 13.2. The summed E-state index contributed by atoms with van der Waals surface area (Å²) >= 11 is 0. The van der Waals surface area contributed by atoms with Crippen molar-refractivity contribution in [3.05, 3.63) is 23.3 Å². The largest absolute Gasteiger partial charge is 0.496 e. The molecule has 2 N–H and O–H groups in total. The van der Waals surface area contributed by atoms with Gasteiger partial charge in [0.15, 0.2) is 0 Å². The molecule has 0 saturated carbocycles. The van der Waals surface area contributed by atoms with Crippen molar-refractivity contribution < 1.29 is 13.2 Å². The van der Waals surface area contributed by atoms with Gasteiger partial charge < -0.3 is 10.1 Å². The summed E-state index contributed by atoms with van der Waals surface area (Å²) in [6.07, 6.45) is 0. The van der Waals surface area contributed by atoms with E-state index in [4.69, 9.17) is 4.74 Å². The highest BCUT2D eigenvalue weighted by molar-refractivity contribution is 7.89. The fourth-order valence-corrected chi connectivity index (χ4v) is 3.45. The van der Waals surface area contributed by atoms with Gasteiger partial charge in [0.2, 0.25) is 10.0 Å².